The number of nitrogens with one attached hydrogen (secondary N) is 1. The van der Waals surface area contributed by atoms with Crippen LogP contribution in [-0.2, 0) is 12.8 Å². The maximum absolute atomic E-state index is 5.51. The van der Waals surface area contributed by atoms with E-state index in [9.17, 15) is 0 Å². The number of halogens is 1. The monoisotopic (exact) mass is 405 g/mol. The highest BCUT2D eigenvalue weighted by atomic mass is 79.9. The third-order valence-corrected chi connectivity index (χ3v) is 4.93. The Morgan fingerprint density at radius 3 is 2.40 bits per heavy atom. The predicted molar refractivity (Wildman–Crippen MR) is 108 cm³/mol. The molecule has 1 atom stereocenters. The van der Waals surface area contributed by atoms with Gasteiger partial charge in [0, 0.05) is 6.04 Å². The summed E-state index contributed by atoms with van der Waals surface area (Å²) < 4.78 is 11.8. The Labute approximate surface area is 159 Å². The van der Waals surface area contributed by atoms with Crippen molar-refractivity contribution in [2.75, 3.05) is 20.8 Å². The molecule has 0 fully saturated rings. The first-order valence-electron chi connectivity index (χ1n) is 8.81. The van der Waals surface area contributed by atoms with Gasteiger partial charge in [0.1, 0.15) is 11.5 Å². The lowest BCUT2D eigenvalue weighted by molar-refractivity contribution is 0.393. The number of unbranched alkanes of at least 4 members (excludes halogenated alkanes) is 1. The first-order chi connectivity index (χ1) is 12.1. The highest BCUT2D eigenvalue weighted by molar-refractivity contribution is 9.10. The molecule has 25 heavy (non-hydrogen) atoms. The standard InChI is InChI=1S/C21H28BrNO2/c1-16(23-12-8-7-11-17-9-5-4-6-10-17)13-18-14-21(25-3)19(22)15-20(18)24-2/h4-6,9-10,14-16,23H,7-8,11-13H2,1-3H3. The zero-order valence-electron chi connectivity index (χ0n) is 15.3. The molecule has 0 spiro atoms. The SMILES string of the molecule is COc1cc(CC(C)NCCCCc2ccccc2)c(OC)cc1Br. The maximum atomic E-state index is 5.51. The molecule has 2 aromatic carbocycles. The van der Waals surface area contributed by atoms with Crippen LogP contribution < -0.4 is 14.8 Å². The van der Waals surface area contributed by atoms with Crippen LogP contribution in [0.4, 0.5) is 0 Å². The van der Waals surface area contributed by atoms with Crippen LogP contribution in [0.5, 0.6) is 11.5 Å². The summed E-state index contributed by atoms with van der Waals surface area (Å²) in [5.41, 5.74) is 2.58. The van der Waals surface area contributed by atoms with Crippen LogP contribution in [0, 0.1) is 0 Å². The fraction of sp³-hybridized carbons (Fsp3) is 0.429. The van der Waals surface area contributed by atoms with Crippen molar-refractivity contribution in [2.24, 2.45) is 0 Å². The van der Waals surface area contributed by atoms with Gasteiger partial charge in [-0.3, -0.25) is 0 Å². The summed E-state index contributed by atoms with van der Waals surface area (Å²) in [7, 11) is 3.39. The van der Waals surface area contributed by atoms with Gasteiger partial charge in [-0.1, -0.05) is 30.3 Å². The summed E-state index contributed by atoms with van der Waals surface area (Å²) in [6, 6.07) is 15.1. The Kier molecular flexibility index (Phi) is 8.29. The second kappa shape index (κ2) is 10.5. The Morgan fingerprint density at radius 1 is 1.00 bits per heavy atom. The molecule has 0 bridgehead atoms. The van der Waals surface area contributed by atoms with Gasteiger partial charge < -0.3 is 14.8 Å². The lowest BCUT2D eigenvalue weighted by Crippen LogP contribution is -2.29. The van der Waals surface area contributed by atoms with Gasteiger partial charge >= 0.3 is 0 Å². The zero-order chi connectivity index (χ0) is 18.1. The van der Waals surface area contributed by atoms with Crippen LogP contribution in [0.25, 0.3) is 0 Å². The highest BCUT2D eigenvalue weighted by Crippen LogP contribution is 2.33. The predicted octanol–water partition coefficient (Wildman–Crippen LogP) is 5.01. The Morgan fingerprint density at radius 2 is 1.72 bits per heavy atom. The third kappa shape index (κ3) is 6.37. The quantitative estimate of drug-likeness (QED) is 0.563. The van der Waals surface area contributed by atoms with Crippen molar-refractivity contribution in [1.82, 2.24) is 5.32 Å². The molecule has 2 rings (SSSR count). The minimum Gasteiger partial charge on any atom is -0.496 e. The van der Waals surface area contributed by atoms with Crippen molar-refractivity contribution in [3.8, 4) is 11.5 Å². The summed E-state index contributed by atoms with van der Waals surface area (Å²) in [4.78, 5) is 0. The molecule has 0 aliphatic heterocycles. The van der Waals surface area contributed by atoms with Crippen molar-refractivity contribution >= 4 is 15.9 Å². The van der Waals surface area contributed by atoms with Crippen LogP contribution in [-0.4, -0.2) is 26.8 Å². The summed E-state index contributed by atoms with van der Waals surface area (Å²) in [5, 5.41) is 3.61. The summed E-state index contributed by atoms with van der Waals surface area (Å²) in [5.74, 6) is 1.73. The van der Waals surface area contributed by atoms with Gasteiger partial charge in [-0.05, 0) is 78.3 Å². The fourth-order valence-corrected chi connectivity index (χ4v) is 3.42. The second-order valence-electron chi connectivity index (χ2n) is 6.30. The fourth-order valence-electron chi connectivity index (χ4n) is 2.93. The summed E-state index contributed by atoms with van der Waals surface area (Å²) in [6.07, 6.45) is 4.44. The number of benzene rings is 2. The average Bonchev–Trinajstić information content (AvgIpc) is 2.63. The molecule has 0 saturated heterocycles. The molecule has 0 aromatic heterocycles. The number of hydrogen-bond donors (Lipinski definition) is 1. The lowest BCUT2D eigenvalue weighted by atomic mass is 10.0. The van der Waals surface area contributed by atoms with Crippen LogP contribution in [0.3, 0.4) is 0 Å². The number of aryl methyl sites for hydroxylation is 1. The molecular formula is C21H28BrNO2. The van der Waals surface area contributed by atoms with Crippen molar-refractivity contribution in [3.63, 3.8) is 0 Å². The molecule has 0 aliphatic carbocycles. The number of rotatable bonds is 10. The zero-order valence-corrected chi connectivity index (χ0v) is 16.9. The molecule has 1 unspecified atom stereocenters. The smallest absolute Gasteiger partial charge is 0.133 e. The van der Waals surface area contributed by atoms with Gasteiger partial charge in [-0.2, -0.15) is 0 Å². The molecule has 3 nitrogen and oxygen atoms in total. The van der Waals surface area contributed by atoms with E-state index >= 15 is 0 Å². The van der Waals surface area contributed by atoms with Crippen LogP contribution in [0.1, 0.15) is 30.9 Å². The number of ether oxygens (including phenoxy) is 2. The molecule has 4 heteroatoms. The molecule has 1 N–H and O–H groups in total. The van der Waals surface area contributed by atoms with Gasteiger partial charge in [0.15, 0.2) is 0 Å². The Hall–Kier alpha value is -1.52. The summed E-state index contributed by atoms with van der Waals surface area (Å²) in [6.45, 7) is 3.25. The van der Waals surface area contributed by atoms with Gasteiger partial charge in [-0.25, -0.2) is 0 Å². The molecule has 0 saturated carbocycles. The first kappa shape index (κ1) is 19.8. The number of hydrogen-bond acceptors (Lipinski definition) is 3. The van der Waals surface area contributed by atoms with Crippen molar-refractivity contribution in [1.29, 1.82) is 0 Å². The Bertz CT molecular complexity index is 646. The normalized spacial score (nSPS) is 12.0. The molecule has 0 aliphatic rings. The van der Waals surface area contributed by atoms with Crippen molar-refractivity contribution < 1.29 is 9.47 Å². The molecule has 136 valence electrons. The molecular weight excluding hydrogens is 378 g/mol. The largest absolute Gasteiger partial charge is 0.496 e. The van der Waals surface area contributed by atoms with Crippen LogP contribution in [0.15, 0.2) is 46.9 Å². The van der Waals surface area contributed by atoms with E-state index in [1.54, 1.807) is 14.2 Å². The van der Waals surface area contributed by atoms with E-state index in [4.69, 9.17) is 9.47 Å². The van der Waals surface area contributed by atoms with E-state index in [1.807, 2.05) is 6.07 Å². The number of methoxy groups -OCH3 is 2. The van der Waals surface area contributed by atoms with Crippen molar-refractivity contribution in [2.45, 2.75) is 38.6 Å². The van der Waals surface area contributed by atoms with Gasteiger partial charge in [0.05, 0.1) is 18.7 Å². The van der Waals surface area contributed by atoms with E-state index in [0.29, 0.717) is 6.04 Å². The highest BCUT2D eigenvalue weighted by Gasteiger charge is 2.12. The van der Waals surface area contributed by atoms with E-state index in [0.717, 1.165) is 40.9 Å². The van der Waals surface area contributed by atoms with E-state index in [1.165, 1.54) is 18.4 Å². The van der Waals surface area contributed by atoms with Crippen LogP contribution in [0.2, 0.25) is 0 Å². The second-order valence-corrected chi connectivity index (χ2v) is 7.15. The maximum Gasteiger partial charge on any atom is 0.133 e. The molecule has 0 radical (unpaired) electrons. The minimum absolute atomic E-state index is 0.386. The first-order valence-corrected chi connectivity index (χ1v) is 9.61. The van der Waals surface area contributed by atoms with E-state index in [-0.39, 0.29) is 0 Å². The van der Waals surface area contributed by atoms with E-state index in [2.05, 4.69) is 64.6 Å². The topological polar surface area (TPSA) is 30.5 Å². The minimum atomic E-state index is 0.386. The van der Waals surface area contributed by atoms with Gasteiger partial charge in [-0.15, -0.1) is 0 Å². The molecule has 0 heterocycles. The average molecular weight is 406 g/mol. The van der Waals surface area contributed by atoms with Gasteiger partial charge in [0.25, 0.3) is 0 Å². The Balaban J connectivity index is 1.77. The third-order valence-electron chi connectivity index (χ3n) is 4.31. The lowest BCUT2D eigenvalue weighted by Gasteiger charge is -2.17. The molecule has 0 amide bonds. The van der Waals surface area contributed by atoms with E-state index < -0.39 is 0 Å². The van der Waals surface area contributed by atoms with Crippen molar-refractivity contribution in [3.05, 3.63) is 58.1 Å². The van der Waals surface area contributed by atoms with Crippen LogP contribution >= 0.6 is 15.9 Å². The summed E-state index contributed by atoms with van der Waals surface area (Å²) >= 11 is 3.51. The van der Waals surface area contributed by atoms with Gasteiger partial charge in [0.2, 0.25) is 0 Å². The molecule has 2 aromatic rings.